The lowest BCUT2D eigenvalue weighted by Gasteiger charge is -2.19. The van der Waals surface area contributed by atoms with Crippen molar-refractivity contribution >= 4 is 33.0 Å². The van der Waals surface area contributed by atoms with Crippen molar-refractivity contribution in [1.82, 2.24) is 4.98 Å². The van der Waals surface area contributed by atoms with Crippen LogP contribution in [0, 0.1) is 0 Å². The van der Waals surface area contributed by atoms with Gasteiger partial charge in [-0.2, -0.15) is 26.3 Å². The van der Waals surface area contributed by atoms with Gasteiger partial charge in [0.15, 0.2) is 9.84 Å². The van der Waals surface area contributed by atoms with E-state index in [1.165, 1.54) is 30.3 Å². The quantitative estimate of drug-likeness (QED) is 0.332. The van der Waals surface area contributed by atoms with Crippen molar-refractivity contribution in [3.8, 4) is 0 Å². The van der Waals surface area contributed by atoms with Gasteiger partial charge in [-0.25, -0.2) is 8.42 Å². The monoisotopic (exact) mass is 550 g/mol. The number of nitrogens with zero attached hydrogens (tertiary/aromatic N) is 1. The molecule has 2 aromatic carbocycles. The molecule has 3 rings (SSSR count). The van der Waals surface area contributed by atoms with E-state index in [2.05, 4.69) is 10.3 Å². The third-order valence-electron chi connectivity index (χ3n) is 5.06. The number of sulfone groups is 1. The SMILES string of the molecule is O=C(CCC(c1ncc(C(F)(F)F)cc1Cl)S(=O)(=O)c1ccccc1)Nc1cccc(C(F)(F)F)c1. The van der Waals surface area contributed by atoms with Crippen LogP contribution in [0.2, 0.25) is 5.02 Å². The lowest BCUT2D eigenvalue weighted by atomic mass is 10.1. The van der Waals surface area contributed by atoms with Gasteiger partial charge in [0.2, 0.25) is 5.91 Å². The highest BCUT2D eigenvalue weighted by molar-refractivity contribution is 7.91. The number of halogens is 7. The summed E-state index contributed by atoms with van der Waals surface area (Å²) in [6.07, 6.45) is -9.93. The molecule has 0 bridgehead atoms. The zero-order valence-electron chi connectivity index (χ0n) is 18.1. The molecule has 36 heavy (non-hydrogen) atoms. The van der Waals surface area contributed by atoms with Gasteiger partial charge in [-0.1, -0.05) is 35.9 Å². The number of rotatable bonds is 7. The number of benzene rings is 2. The van der Waals surface area contributed by atoms with Crippen LogP contribution in [-0.4, -0.2) is 19.3 Å². The lowest BCUT2D eigenvalue weighted by Crippen LogP contribution is -2.20. The van der Waals surface area contributed by atoms with Gasteiger partial charge in [0.25, 0.3) is 0 Å². The van der Waals surface area contributed by atoms with Gasteiger partial charge in [0, 0.05) is 18.3 Å². The first-order valence-corrected chi connectivity index (χ1v) is 12.1. The smallest absolute Gasteiger partial charge is 0.326 e. The number of nitrogens with one attached hydrogen (secondary N) is 1. The summed E-state index contributed by atoms with van der Waals surface area (Å²) in [5, 5.41) is 0.0885. The molecular weight excluding hydrogens is 534 g/mol. The van der Waals surface area contributed by atoms with Crippen LogP contribution in [-0.2, 0) is 27.0 Å². The zero-order valence-corrected chi connectivity index (χ0v) is 19.6. The zero-order chi connectivity index (χ0) is 26.7. The lowest BCUT2D eigenvalue weighted by molar-refractivity contribution is -0.138. The van der Waals surface area contributed by atoms with E-state index in [1.54, 1.807) is 6.07 Å². The second-order valence-electron chi connectivity index (χ2n) is 7.60. The van der Waals surface area contributed by atoms with Crippen LogP contribution in [0.15, 0.2) is 71.8 Å². The number of anilines is 1. The molecule has 1 heterocycles. The summed E-state index contributed by atoms with van der Waals surface area (Å²) in [5.74, 6) is -0.814. The van der Waals surface area contributed by atoms with E-state index in [4.69, 9.17) is 11.6 Å². The van der Waals surface area contributed by atoms with Crippen molar-refractivity contribution < 1.29 is 39.6 Å². The van der Waals surface area contributed by atoms with Crippen LogP contribution in [0.3, 0.4) is 0 Å². The predicted molar refractivity (Wildman–Crippen MR) is 120 cm³/mol. The Morgan fingerprint density at radius 3 is 2.14 bits per heavy atom. The highest BCUT2D eigenvalue weighted by Gasteiger charge is 2.36. The van der Waals surface area contributed by atoms with Crippen LogP contribution in [0.25, 0.3) is 0 Å². The molecule has 0 aliphatic heterocycles. The normalized spacial score (nSPS) is 13.3. The largest absolute Gasteiger partial charge is 0.417 e. The van der Waals surface area contributed by atoms with Gasteiger partial charge in [0.05, 0.1) is 26.7 Å². The Labute approximate surface area is 207 Å². The molecule has 1 aromatic heterocycles. The summed E-state index contributed by atoms with van der Waals surface area (Å²) >= 11 is 5.99. The molecule has 0 spiro atoms. The first-order chi connectivity index (χ1) is 16.7. The first kappa shape index (κ1) is 27.5. The molecule has 1 atom stereocenters. The maximum atomic E-state index is 13.3. The fraction of sp³-hybridized carbons (Fsp3) is 0.217. The highest BCUT2D eigenvalue weighted by Crippen LogP contribution is 2.38. The van der Waals surface area contributed by atoms with Gasteiger partial charge in [-0.05, 0) is 42.8 Å². The van der Waals surface area contributed by atoms with Gasteiger partial charge in [0.1, 0.15) is 5.25 Å². The molecule has 0 saturated carbocycles. The third kappa shape index (κ3) is 6.55. The van der Waals surface area contributed by atoms with Crippen molar-refractivity contribution in [2.45, 2.75) is 35.3 Å². The minimum absolute atomic E-state index is 0.164. The Balaban J connectivity index is 1.90. The van der Waals surface area contributed by atoms with E-state index in [0.717, 1.165) is 12.1 Å². The molecule has 0 saturated heterocycles. The van der Waals surface area contributed by atoms with Crippen LogP contribution < -0.4 is 5.32 Å². The number of carbonyl (C=O) groups excluding carboxylic acids is 1. The number of aromatic nitrogens is 1. The number of alkyl halides is 6. The minimum atomic E-state index is -4.77. The Kier molecular flexibility index (Phi) is 7.99. The van der Waals surface area contributed by atoms with Crippen LogP contribution >= 0.6 is 11.6 Å². The molecule has 1 amide bonds. The summed E-state index contributed by atoms with van der Waals surface area (Å²) < 4.78 is 104. The fourth-order valence-electron chi connectivity index (χ4n) is 3.31. The van der Waals surface area contributed by atoms with Crippen molar-refractivity contribution in [2.24, 2.45) is 0 Å². The van der Waals surface area contributed by atoms with Crippen molar-refractivity contribution in [2.75, 3.05) is 5.32 Å². The Morgan fingerprint density at radius 2 is 1.56 bits per heavy atom. The van der Waals surface area contributed by atoms with E-state index in [0.29, 0.717) is 18.3 Å². The van der Waals surface area contributed by atoms with E-state index < -0.39 is 62.3 Å². The minimum Gasteiger partial charge on any atom is -0.326 e. The summed E-state index contributed by atoms with van der Waals surface area (Å²) in [7, 11) is -4.28. The molecule has 3 aromatic rings. The number of amides is 1. The Morgan fingerprint density at radius 1 is 0.917 bits per heavy atom. The van der Waals surface area contributed by atoms with Crippen molar-refractivity contribution in [3.05, 3.63) is 88.7 Å². The number of hydrogen-bond donors (Lipinski definition) is 1. The predicted octanol–water partition coefficient (Wildman–Crippen LogP) is 6.71. The number of pyridine rings is 1. The molecule has 192 valence electrons. The summed E-state index contributed by atoms with van der Waals surface area (Å²) in [6.45, 7) is 0. The molecule has 0 fully saturated rings. The van der Waals surface area contributed by atoms with Crippen LogP contribution in [0.1, 0.15) is 34.9 Å². The topological polar surface area (TPSA) is 76.1 Å². The van der Waals surface area contributed by atoms with Gasteiger partial charge in [-0.15, -0.1) is 0 Å². The third-order valence-corrected chi connectivity index (χ3v) is 7.50. The molecule has 1 N–H and O–H groups in total. The molecule has 0 aliphatic rings. The molecule has 13 heteroatoms. The molecule has 0 radical (unpaired) electrons. The van der Waals surface area contributed by atoms with Gasteiger partial charge < -0.3 is 5.32 Å². The van der Waals surface area contributed by atoms with E-state index in [1.807, 2.05) is 0 Å². The second kappa shape index (κ2) is 10.5. The summed E-state index contributed by atoms with van der Waals surface area (Å²) in [5.41, 5.74) is -2.73. The standard InChI is InChI=1S/C23H17ClF6N2O3S/c24-18-12-15(23(28,29)30)13-31-21(18)19(36(34,35)17-7-2-1-3-8-17)9-10-20(33)32-16-6-4-5-14(11-16)22(25,26)27/h1-8,11-13,19H,9-10H2,(H,32,33). The fourth-order valence-corrected chi connectivity index (χ4v) is 5.45. The summed E-state index contributed by atoms with van der Waals surface area (Å²) in [6, 6.07) is 11.3. The van der Waals surface area contributed by atoms with Crippen molar-refractivity contribution in [1.29, 1.82) is 0 Å². The van der Waals surface area contributed by atoms with Crippen LogP contribution in [0.5, 0.6) is 0 Å². The van der Waals surface area contributed by atoms with E-state index in [9.17, 15) is 39.6 Å². The molecule has 5 nitrogen and oxygen atoms in total. The molecule has 0 aliphatic carbocycles. The highest BCUT2D eigenvalue weighted by atomic mass is 35.5. The average molecular weight is 551 g/mol. The van der Waals surface area contributed by atoms with Crippen LogP contribution in [0.4, 0.5) is 32.0 Å². The average Bonchev–Trinajstić information content (AvgIpc) is 2.79. The molecule has 1 unspecified atom stereocenters. The van der Waals surface area contributed by atoms with E-state index >= 15 is 0 Å². The Bertz CT molecular complexity index is 1350. The van der Waals surface area contributed by atoms with Gasteiger partial charge in [-0.3, -0.25) is 9.78 Å². The maximum Gasteiger partial charge on any atom is 0.417 e. The van der Waals surface area contributed by atoms with Crippen molar-refractivity contribution in [3.63, 3.8) is 0 Å². The first-order valence-electron chi connectivity index (χ1n) is 10.2. The maximum absolute atomic E-state index is 13.3. The number of carbonyl (C=O) groups is 1. The molecular formula is C23H17ClF6N2O3S. The van der Waals surface area contributed by atoms with E-state index in [-0.39, 0.29) is 16.3 Å². The number of hydrogen-bond acceptors (Lipinski definition) is 4. The second-order valence-corrected chi connectivity index (χ2v) is 10.1. The Hall–Kier alpha value is -3.12. The van der Waals surface area contributed by atoms with Gasteiger partial charge >= 0.3 is 12.4 Å². The summed E-state index contributed by atoms with van der Waals surface area (Å²) in [4.78, 5) is 15.9.